The molecule has 0 fully saturated rings. The van der Waals surface area contributed by atoms with Crippen molar-refractivity contribution in [3.63, 3.8) is 0 Å². The standard InChI is InChI=1S/C11H11N5/c1-8(13)9-2-4-10(5-3-9)16-7-14-11(6-12)15-16/h2-5,7-8H,13H2,1H3/t8-/m0/s1. The topological polar surface area (TPSA) is 80.5 Å². The molecule has 2 rings (SSSR count). The molecule has 5 heteroatoms. The van der Waals surface area contributed by atoms with E-state index in [-0.39, 0.29) is 11.9 Å². The van der Waals surface area contributed by atoms with E-state index in [1.807, 2.05) is 37.3 Å². The first-order chi connectivity index (χ1) is 7.70. The van der Waals surface area contributed by atoms with Crippen molar-refractivity contribution >= 4 is 0 Å². The summed E-state index contributed by atoms with van der Waals surface area (Å²) in [7, 11) is 0. The van der Waals surface area contributed by atoms with E-state index in [0.717, 1.165) is 11.3 Å². The number of hydrogen-bond donors (Lipinski definition) is 1. The van der Waals surface area contributed by atoms with Crippen molar-refractivity contribution in [3.05, 3.63) is 42.0 Å². The molecule has 16 heavy (non-hydrogen) atoms. The van der Waals surface area contributed by atoms with Gasteiger partial charge in [-0.1, -0.05) is 12.1 Å². The zero-order valence-electron chi connectivity index (χ0n) is 8.83. The van der Waals surface area contributed by atoms with Crippen molar-refractivity contribution in [1.82, 2.24) is 14.8 Å². The Morgan fingerprint density at radius 1 is 1.38 bits per heavy atom. The summed E-state index contributed by atoms with van der Waals surface area (Å²) < 4.78 is 1.56. The molecular formula is C11H11N5. The van der Waals surface area contributed by atoms with Crippen LogP contribution >= 0.6 is 0 Å². The molecule has 0 amide bonds. The number of nitrogens with two attached hydrogens (primary N) is 1. The van der Waals surface area contributed by atoms with Crippen LogP contribution in [0.25, 0.3) is 5.69 Å². The molecule has 2 aromatic rings. The summed E-state index contributed by atoms with van der Waals surface area (Å²) in [5, 5.41) is 12.6. The normalized spacial score (nSPS) is 12.1. The highest BCUT2D eigenvalue weighted by atomic mass is 15.3. The SMILES string of the molecule is C[C@H](N)c1ccc(-n2cnc(C#N)n2)cc1. The van der Waals surface area contributed by atoms with Gasteiger partial charge in [-0.05, 0) is 24.6 Å². The van der Waals surface area contributed by atoms with Gasteiger partial charge in [0, 0.05) is 6.04 Å². The molecule has 0 unspecified atom stereocenters. The van der Waals surface area contributed by atoms with Gasteiger partial charge in [0.25, 0.3) is 5.82 Å². The fourth-order valence-corrected chi connectivity index (χ4v) is 1.37. The third kappa shape index (κ3) is 1.92. The van der Waals surface area contributed by atoms with Gasteiger partial charge in [-0.15, -0.1) is 5.10 Å². The largest absolute Gasteiger partial charge is 0.324 e. The highest BCUT2D eigenvalue weighted by Gasteiger charge is 2.03. The van der Waals surface area contributed by atoms with Crippen molar-refractivity contribution in [1.29, 1.82) is 5.26 Å². The van der Waals surface area contributed by atoms with Crippen LogP contribution < -0.4 is 5.73 Å². The molecule has 0 aliphatic carbocycles. The van der Waals surface area contributed by atoms with E-state index < -0.39 is 0 Å². The minimum atomic E-state index is 0.0134. The second-order valence-corrected chi connectivity index (χ2v) is 3.50. The Hall–Kier alpha value is -2.19. The van der Waals surface area contributed by atoms with Gasteiger partial charge in [-0.3, -0.25) is 0 Å². The summed E-state index contributed by atoms with van der Waals surface area (Å²) in [6.07, 6.45) is 1.51. The molecule has 0 bridgehead atoms. The Morgan fingerprint density at radius 3 is 2.56 bits per heavy atom. The minimum Gasteiger partial charge on any atom is -0.324 e. The van der Waals surface area contributed by atoms with E-state index in [9.17, 15) is 0 Å². The van der Waals surface area contributed by atoms with Crippen molar-refractivity contribution in [2.75, 3.05) is 0 Å². The van der Waals surface area contributed by atoms with Gasteiger partial charge in [0.1, 0.15) is 12.4 Å². The number of rotatable bonds is 2. The van der Waals surface area contributed by atoms with Gasteiger partial charge in [0.2, 0.25) is 0 Å². The maximum atomic E-state index is 8.61. The molecular weight excluding hydrogens is 202 g/mol. The van der Waals surface area contributed by atoms with Crippen LogP contribution in [0.5, 0.6) is 0 Å². The molecule has 80 valence electrons. The fraction of sp³-hybridized carbons (Fsp3) is 0.182. The summed E-state index contributed by atoms with van der Waals surface area (Å²) in [4.78, 5) is 3.83. The van der Waals surface area contributed by atoms with E-state index in [1.165, 1.54) is 6.33 Å². The van der Waals surface area contributed by atoms with Gasteiger partial charge >= 0.3 is 0 Å². The van der Waals surface area contributed by atoms with Gasteiger partial charge in [-0.25, -0.2) is 9.67 Å². The van der Waals surface area contributed by atoms with E-state index in [2.05, 4.69) is 10.1 Å². The molecule has 0 spiro atoms. The van der Waals surface area contributed by atoms with Crippen LogP contribution in [-0.4, -0.2) is 14.8 Å². The fourth-order valence-electron chi connectivity index (χ4n) is 1.37. The molecule has 1 heterocycles. The van der Waals surface area contributed by atoms with Crippen molar-refractivity contribution in [2.45, 2.75) is 13.0 Å². The minimum absolute atomic E-state index is 0.0134. The van der Waals surface area contributed by atoms with E-state index in [4.69, 9.17) is 11.0 Å². The summed E-state index contributed by atoms with van der Waals surface area (Å²) in [5.41, 5.74) is 7.67. The van der Waals surface area contributed by atoms with E-state index in [1.54, 1.807) is 4.68 Å². The molecule has 0 radical (unpaired) electrons. The summed E-state index contributed by atoms with van der Waals surface area (Å²) in [5.74, 6) is 0.163. The van der Waals surface area contributed by atoms with Crippen LogP contribution in [0.15, 0.2) is 30.6 Å². The molecule has 0 saturated carbocycles. The van der Waals surface area contributed by atoms with Crippen LogP contribution in [0.3, 0.4) is 0 Å². The van der Waals surface area contributed by atoms with Crippen LogP contribution in [0.2, 0.25) is 0 Å². The third-order valence-electron chi connectivity index (χ3n) is 2.28. The first kappa shape index (κ1) is 10.3. The number of aromatic nitrogens is 3. The first-order valence-corrected chi connectivity index (χ1v) is 4.88. The molecule has 0 saturated heterocycles. The second kappa shape index (κ2) is 4.13. The molecule has 2 N–H and O–H groups in total. The summed E-state index contributed by atoms with van der Waals surface area (Å²) >= 11 is 0. The molecule has 0 aliphatic heterocycles. The highest BCUT2D eigenvalue weighted by molar-refractivity contribution is 5.34. The molecule has 0 aliphatic rings. The van der Waals surface area contributed by atoms with Gasteiger partial charge < -0.3 is 5.73 Å². The number of benzene rings is 1. The lowest BCUT2D eigenvalue weighted by molar-refractivity contribution is 0.813. The quantitative estimate of drug-likeness (QED) is 0.811. The third-order valence-corrected chi connectivity index (χ3v) is 2.28. The van der Waals surface area contributed by atoms with Gasteiger partial charge in [0.05, 0.1) is 5.69 Å². The van der Waals surface area contributed by atoms with Crippen molar-refractivity contribution < 1.29 is 0 Å². The van der Waals surface area contributed by atoms with Crippen LogP contribution in [-0.2, 0) is 0 Å². The molecule has 1 aromatic heterocycles. The first-order valence-electron chi connectivity index (χ1n) is 4.88. The van der Waals surface area contributed by atoms with Crippen LogP contribution in [0, 0.1) is 11.3 Å². The number of hydrogen-bond acceptors (Lipinski definition) is 4. The number of nitrogens with zero attached hydrogens (tertiary/aromatic N) is 4. The van der Waals surface area contributed by atoms with E-state index in [0.29, 0.717) is 0 Å². The Balaban J connectivity index is 2.31. The Labute approximate surface area is 93.1 Å². The molecule has 5 nitrogen and oxygen atoms in total. The maximum Gasteiger partial charge on any atom is 0.252 e. The number of nitriles is 1. The monoisotopic (exact) mass is 213 g/mol. The summed E-state index contributed by atoms with van der Waals surface area (Å²) in [6, 6.07) is 9.57. The van der Waals surface area contributed by atoms with Crippen LogP contribution in [0.4, 0.5) is 0 Å². The lowest BCUT2D eigenvalue weighted by Crippen LogP contribution is -2.05. The van der Waals surface area contributed by atoms with Crippen molar-refractivity contribution in [3.8, 4) is 11.8 Å². The zero-order valence-corrected chi connectivity index (χ0v) is 8.83. The Bertz CT molecular complexity index is 518. The molecule has 1 atom stereocenters. The lowest BCUT2D eigenvalue weighted by atomic mass is 10.1. The van der Waals surface area contributed by atoms with Crippen LogP contribution in [0.1, 0.15) is 24.4 Å². The lowest BCUT2D eigenvalue weighted by Gasteiger charge is -2.06. The average Bonchev–Trinajstić information content (AvgIpc) is 2.77. The Morgan fingerprint density at radius 2 is 2.06 bits per heavy atom. The zero-order chi connectivity index (χ0) is 11.5. The van der Waals surface area contributed by atoms with Crippen molar-refractivity contribution in [2.24, 2.45) is 5.73 Å². The molecule has 1 aromatic carbocycles. The highest BCUT2D eigenvalue weighted by Crippen LogP contribution is 2.13. The summed E-state index contributed by atoms with van der Waals surface area (Å²) in [6.45, 7) is 1.93. The maximum absolute atomic E-state index is 8.61. The smallest absolute Gasteiger partial charge is 0.252 e. The van der Waals surface area contributed by atoms with Gasteiger partial charge in [-0.2, -0.15) is 5.26 Å². The predicted molar refractivity (Wildman–Crippen MR) is 58.7 cm³/mol. The van der Waals surface area contributed by atoms with E-state index >= 15 is 0 Å². The predicted octanol–water partition coefficient (Wildman–Crippen LogP) is 1.16. The second-order valence-electron chi connectivity index (χ2n) is 3.50. The average molecular weight is 213 g/mol. The van der Waals surface area contributed by atoms with Gasteiger partial charge in [0.15, 0.2) is 0 Å². The Kier molecular flexibility index (Phi) is 2.66.